The van der Waals surface area contributed by atoms with E-state index in [1.165, 1.54) is 6.26 Å². The Bertz CT molecular complexity index is 920. The van der Waals surface area contributed by atoms with E-state index in [0.29, 0.717) is 30.0 Å². The molecule has 3 aromatic heterocycles. The number of aromatic nitrogens is 4. The van der Waals surface area contributed by atoms with E-state index in [0.717, 1.165) is 28.6 Å². The molecule has 1 amide bonds. The molecule has 0 fully saturated rings. The maximum absolute atomic E-state index is 12.0. The van der Waals surface area contributed by atoms with E-state index in [2.05, 4.69) is 48.4 Å². The van der Waals surface area contributed by atoms with E-state index in [9.17, 15) is 4.79 Å². The van der Waals surface area contributed by atoms with Crippen molar-refractivity contribution in [1.82, 2.24) is 25.1 Å². The molecular weight excluding hydrogens is 376 g/mol. The highest BCUT2D eigenvalue weighted by Crippen LogP contribution is 2.26. The summed E-state index contributed by atoms with van der Waals surface area (Å²) in [7, 11) is 0. The number of nitrogens with one attached hydrogen (secondary N) is 2. The molecule has 0 aliphatic carbocycles. The zero-order chi connectivity index (χ0) is 20.1. The van der Waals surface area contributed by atoms with Gasteiger partial charge < -0.3 is 15.1 Å². The van der Waals surface area contributed by atoms with E-state index >= 15 is 0 Å². The van der Waals surface area contributed by atoms with Gasteiger partial charge >= 0.3 is 0 Å². The van der Waals surface area contributed by atoms with Gasteiger partial charge in [-0.15, -0.1) is 0 Å². The van der Waals surface area contributed by atoms with Gasteiger partial charge in [0.2, 0.25) is 0 Å². The molecule has 0 bridgehead atoms. The summed E-state index contributed by atoms with van der Waals surface area (Å²) < 4.78 is 6.90. The van der Waals surface area contributed by atoms with Crippen molar-refractivity contribution >= 4 is 34.5 Å². The second-order valence-corrected chi connectivity index (χ2v) is 8.68. The number of nitrogens with zero attached hydrogens (tertiary/aromatic N) is 4. The van der Waals surface area contributed by atoms with Gasteiger partial charge in [0.1, 0.15) is 5.82 Å². The Balaban J connectivity index is 1.78. The number of carbonyl (C=O) groups excluding carboxylic acids is 1. The third kappa shape index (κ3) is 5.03. The number of furan rings is 1. The van der Waals surface area contributed by atoms with Gasteiger partial charge in [0.15, 0.2) is 16.6 Å². The van der Waals surface area contributed by atoms with Crippen molar-refractivity contribution in [2.24, 2.45) is 5.92 Å². The minimum absolute atomic E-state index is 0.244. The first-order chi connectivity index (χ1) is 13.4. The maximum Gasteiger partial charge on any atom is 0.287 e. The number of hydrogen-bond donors (Lipinski definition) is 2. The average molecular weight is 403 g/mol. The summed E-state index contributed by atoms with van der Waals surface area (Å²) in [5.41, 5.74) is 0.761. The lowest BCUT2D eigenvalue weighted by Gasteiger charge is -2.12. The number of fused-ring (bicyclic) bond motifs is 1. The molecule has 0 spiro atoms. The maximum atomic E-state index is 12.0. The van der Waals surface area contributed by atoms with E-state index in [1.807, 2.05) is 0 Å². The Hall–Kier alpha value is -2.55. The molecule has 9 heteroatoms. The van der Waals surface area contributed by atoms with Crippen molar-refractivity contribution in [3.05, 3.63) is 30.4 Å². The van der Waals surface area contributed by atoms with Gasteiger partial charge in [-0.05, 0) is 18.1 Å². The summed E-state index contributed by atoms with van der Waals surface area (Å²) in [4.78, 5) is 21.4. The average Bonchev–Trinajstić information content (AvgIpc) is 3.29. The molecule has 3 rings (SSSR count). The SMILES string of the molecule is CC(C)CNc1nc(SC(C)C)nc2c1cnn2CCNC(=O)c1ccco1. The van der Waals surface area contributed by atoms with Gasteiger partial charge in [-0.1, -0.05) is 39.5 Å². The molecule has 0 radical (unpaired) electrons. The molecule has 0 aromatic carbocycles. The van der Waals surface area contributed by atoms with E-state index in [4.69, 9.17) is 9.40 Å². The van der Waals surface area contributed by atoms with Crippen LogP contribution >= 0.6 is 11.8 Å². The normalized spacial score (nSPS) is 11.5. The van der Waals surface area contributed by atoms with Gasteiger partial charge in [-0.3, -0.25) is 4.79 Å². The van der Waals surface area contributed by atoms with Gasteiger partial charge in [-0.25, -0.2) is 14.6 Å². The monoisotopic (exact) mass is 402 g/mol. The zero-order valence-electron chi connectivity index (χ0n) is 16.6. The highest BCUT2D eigenvalue weighted by Gasteiger charge is 2.15. The highest BCUT2D eigenvalue weighted by atomic mass is 32.2. The Morgan fingerprint density at radius 1 is 1.29 bits per heavy atom. The molecule has 2 N–H and O–H groups in total. The van der Waals surface area contributed by atoms with Crippen molar-refractivity contribution in [2.75, 3.05) is 18.4 Å². The molecular formula is C19H26N6O2S. The smallest absolute Gasteiger partial charge is 0.287 e. The third-order valence-electron chi connectivity index (χ3n) is 3.85. The van der Waals surface area contributed by atoms with Crippen LogP contribution < -0.4 is 10.6 Å². The van der Waals surface area contributed by atoms with Crippen LogP contribution in [0.3, 0.4) is 0 Å². The lowest BCUT2D eigenvalue weighted by atomic mass is 10.2. The molecule has 0 saturated heterocycles. The summed E-state index contributed by atoms with van der Waals surface area (Å²) in [5, 5.41) is 12.7. The number of carbonyl (C=O) groups is 1. The summed E-state index contributed by atoms with van der Waals surface area (Å²) in [6.07, 6.45) is 3.25. The largest absolute Gasteiger partial charge is 0.459 e. The molecule has 3 heterocycles. The van der Waals surface area contributed by atoms with Gasteiger partial charge in [0.05, 0.1) is 24.4 Å². The lowest BCUT2D eigenvalue weighted by molar-refractivity contribution is 0.0924. The van der Waals surface area contributed by atoms with Crippen LogP contribution in [-0.2, 0) is 6.54 Å². The number of thioether (sulfide) groups is 1. The van der Waals surface area contributed by atoms with Crippen molar-refractivity contribution in [1.29, 1.82) is 0 Å². The van der Waals surface area contributed by atoms with Gasteiger partial charge in [0, 0.05) is 18.3 Å². The summed E-state index contributed by atoms with van der Waals surface area (Å²) in [6.45, 7) is 10.3. The summed E-state index contributed by atoms with van der Waals surface area (Å²) in [5.74, 6) is 1.35. The Morgan fingerprint density at radius 2 is 2.11 bits per heavy atom. The van der Waals surface area contributed by atoms with Crippen LogP contribution in [-0.4, -0.2) is 44.0 Å². The highest BCUT2D eigenvalue weighted by molar-refractivity contribution is 7.99. The molecule has 0 atom stereocenters. The molecule has 0 aliphatic heterocycles. The minimum atomic E-state index is -0.244. The van der Waals surface area contributed by atoms with Crippen LogP contribution in [0.15, 0.2) is 34.2 Å². The van der Waals surface area contributed by atoms with Crippen LogP contribution in [0.25, 0.3) is 11.0 Å². The number of hydrogen-bond acceptors (Lipinski definition) is 7. The zero-order valence-corrected chi connectivity index (χ0v) is 17.4. The fourth-order valence-corrected chi connectivity index (χ4v) is 3.27. The van der Waals surface area contributed by atoms with Crippen LogP contribution in [0.5, 0.6) is 0 Å². The van der Waals surface area contributed by atoms with E-state index < -0.39 is 0 Å². The molecule has 0 aliphatic rings. The van der Waals surface area contributed by atoms with Crippen molar-refractivity contribution in [3.8, 4) is 0 Å². The van der Waals surface area contributed by atoms with Gasteiger partial charge in [-0.2, -0.15) is 5.10 Å². The number of rotatable bonds is 9. The Kier molecular flexibility index (Phi) is 6.56. The Labute approximate surface area is 168 Å². The van der Waals surface area contributed by atoms with Crippen LogP contribution in [0, 0.1) is 5.92 Å². The first-order valence-corrected chi connectivity index (χ1v) is 10.3. The molecule has 3 aromatic rings. The number of amides is 1. The fourth-order valence-electron chi connectivity index (χ4n) is 2.57. The summed E-state index contributed by atoms with van der Waals surface area (Å²) in [6, 6.07) is 3.32. The van der Waals surface area contributed by atoms with E-state index in [-0.39, 0.29) is 5.91 Å². The second-order valence-electron chi connectivity index (χ2n) is 7.13. The number of anilines is 1. The van der Waals surface area contributed by atoms with Crippen molar-refractivity contribution in [3.63, 3.8) is 0 Å². The van der Waals surface area contributed by atoms with E-state index in [1.54, 1.807) is 34.8 Å². The van der Waals surface area contributed by atoms with Crippen LogP contribution in [0.1, 0.15) is 38.2 Å². The Morgan fingerprint density at radius 3 is 2.79 bits per heavy atom. The fraction of sp³-hybridized carbons (Fsp3) is 0.474. The minimum Gasteiger partial charge on any atom is -0.459 e. The lowest BCUT2D eigenvalue weighted by Crippen LogP contribution is -2.27. The third-order valence-corrected chi connectivity index (χ3v) is 4.71. The molecule has 8 nitrogen and oxygen atoms in total. The first kappa shape index (κ1) is 20.2. The quantitative estimate of drug-likeness (QED) is 0.418. The predicted molar refractivity (Wildman–Crippen MR) is 111 cm³/mol. The molecule has 0 unspecified atom stereocenters. The van der Waals surface area contributed by atoms with Crippen molar-refractivity contribution in [2.45, 2.75) is 44.6 Å². The standard InChI is InChI=1S/C19H26N6O2S/c1-12(2)10-21-16-14-11-22-25(17(14)24-19(23-16)28-13(3)4)8-7-20-18(26)15-6-5-9-27-15/h5-6,9,11-13H,7-8,10H2,1-4H3,(H,20,26)(H,21,23,24). The molecule has 150 valence electrons. The van der Waals surface area contributed by atoms with Gasteiger partial charge in [0.25, 0.3) is 5.91 Å². The summed E-state index contributed by atoms with van der Waals surface area (Å²) >= 11 is 1.62. The van der Waals surface area contributed by atoms with Crippen molar-refractivity contribution < 1.29 is 9.21 Å². The first-order valence-electron chi connectivity index (χ1n) is 9.40. The van der Waals surface area contributed by atoms with Crippen LogP contribution in [0.4, 0.5) is 5.82 Å². The second kappa shape index (κ2) is 9.09. The molecule has 0 saturated carbocycles. The molecule has 28 heavy (non-hydrogen) atoms. The van der Waals surface area contributed by atoms with Crippen LogP contribution in [0.2, 0.25) is 0 Å². The topological polar surface area (TPSA) is 97.9 Å². The predicted octanol–water partition coefficient (Wildman–Crippen LogP) is 3.42.